The van der Waals surface area contributed by atoms with Crippen molar-refractivity contribution in [2.45, 2.75) is 13.3 Å². The van der Waals surface area contributed by atoms with Crippen LogP contribution < -0.4 is 15.1 Å². The van der Waals surface area contributed by atoms with Crippen molar-refractivity contribution in [1.29, 1.82) is 0 Å². The maximum absolute atomic E-state index is 11.8. The fourth-order valence-electron chi connectivity index (χ4n) is 1.78. The first kappa shape index (κ1) is 14.9. The molecule has 0 saturated carbocycles. The van der Waals surface area contributed by atoms with Crippen molar-refractivity contribution in [2.24, 2.45) is 0 Å². The van der Waals surface area contributed by atoms with E-state index >= 15 is 0 Å². The molecular formula is C15H16O6. The zero-order chi connectivity index (χ0) is 15.2. The summed E-state index contributed by atoms with van der Waals surface area (Å²) in [5.74, 6) is -0.352. The lowest BCUT2D eigenvalue weighted by Crippen LogP contribution is -2.06. The number of aromatic hydroxyl groups is 1. The minimum absolute atomic E-state index is 0.0591. The third-order valence-electron chi connectivity index (χ3n) is 2.69. The number of allylic oxidation sites excluding steroid dienone is 1. The van der Waals surface area contributed by atoms with Gasteiger partial charge in [-0.1, -0.05) is 13.0 Å². The van der Waals surface area contributed by atoms with Gasteiger partial charge in [-0.25, -0.2) is 4.79 Å². The van der Waals surface area contributed by atoms with Crippen molar-refractivity contribution in [3.8, 4) is 17.2 Å². The van der Waals surface area contributed by atoms with Crippen molar-refractivity contribution in [2.75, 3.05) is 13.2 Å². The van der Waals surface area contributed by atoms with Gasteiger partial charge in [0.15, 0.2) is 5.75 Å². The van der Waals surface area contributed by atoms with Gasteiger partial charge < -0.3 is 24.1 Å². The van der Waals surface area contributed by atoms with Gasteiger partial charge in [-0.15, -0.1) is 0 Å². The van der Waals surface area contributed by atoms with E-state index in [0.29, 0.717) is 5.75 Å². The molecule has 1 heterocycles. The van der Waals surface area contributed by atoms with E-state index in [-0.39, 0.29) is 35.7 Å². The van der Waals surface area contributed by atoms with Crippen molar-refractivity contribution >= 4 is 11.0 Å². The van der Waals surface area contributed by atoms with Crippen molar-refractivity contribution in [3.63, 3.8) is 0 Å². The van der Waals surface area contributed by atoms with E-state index in [0.717, 1.165) is 6.42 Å². The Labute approximate surface area is 120 Å². The molecule has 0 aliphatic rings. The van der Waals surface area contributed by atoms with E-state index in [2.05, 4.69) is 0 Å². The summed E-state index contributed by atoms with van der Waals surface area (Å²) in [6.45, 7) is 1.80. The number of fused-ring (bicyclic) bond motifs is 1. The van der Waals surface area contributed by atoms with Gasteiger partial charge in [0.25, 0.3) is 5.75 Å². The molecular weight excluding hydrogens is 276 g/mol. The van der Waals surface area contributed by atoms with Crippen LogP contribution in [0.1, 0.15) is 13.3 Å². The topological polar surface area (TPSA) is 89.1 Å². The quantitative estimate of drug-likeness (QED) is 0.626. The van der Waals surface area contributed by atoms with E-state index in [4.69, 9.17) is 19.0 Å². The Balaban J connectivity index is 2.56. The summed E-state index contributed by atoms with van der Waals surface area (Å²) in [5, 5.41) is 19.3. The fourth-order valence-corrected chi connectivity index (χ4v) is 1.78. The van der Waals surface area contributed by atoms with E-state index in [1.165, 1.54) is 12.3 Å². The van der Waals surface area contributed by atoms with Crippen LogP contribution >= 0.6 is 0 Å². The molecule has 1 aromatic carbocycles. The summed E-state index contributed by atoms with van der Waals surface area (Å²) in [4.78, 5) is 11.8. The van der Waals surface area contributed by atoms with Gasteiger partial charge >= 0.3 is 5.63 Å². The molecule has 112 valence electrons. The number of hydrogen-bond donors (Lipinski definition) is 2. The highest BCUT2D eigenvalue weighted by Gasteiger charge is 2.18. The molecule has 0 atom stereocenters. The third kappa shape index (κ3) is 3.17. The van der Waals surface area contributed by atoms with Gasteiger partial charge in [-0.05, 0) is 24.6 Å². The Bertz CT molecular complexity index is 701. The van der Waals surface area contributed by atoms with Crippen LogP contribution in [-0.4, -0.2) is 23.4 Å². The van der Waals surface area contributed by atoms with Crippen molar-refractivity contribution in [3.05, 3.63) is 41.0 Å². The third-order valence-corrected chi connectivity index (χ3v) is 2.69. The van der Waals surface area contributed by atoms with Crippen LogP contribution in [0.5, 0.6) is 17.2 Å². The van der Waals surface area contributed by atoms with Crippen LogP contribution in [0, 0.1) is 0 Å². The van der Waals surface area contributed by atoms with Gasteiger partial charge in [0.1, 0.15) is 23.3 Å². The summed E-state index contributed by atoms with van der Waals surface area (Å²) in [5.41, 5.74) is -0.597. The predicted octanol–water partition coefficient (Wildman–Crippen LogP) is 2.17. The number of benzene rings is 1. The Morgan fingerprint density at radius 3 is 2.90 bits per heavy atom. The van der Waals surface area contributed by atoms with E-state index in [1.54, 1.807) is 18.2 Å². The highest BCUT2D eigenvalue weighted by Crippen LogP contribution is 2.37. The molecule has 0 radical (unpaired) electrons. The van der Waals surface area contributed by atoms with Gasteiger partial charge in [0.05, 0.1) is 12.9 Å². The van der Waals surface area contributed by atoms with Crippen LogP contribution in [0.15, 0.2) is 39.7 Å². The first-order valence-corrected chi connectivity index (χ1v) is 6.53. The molecule has 2 N–H and O–H groups in total. The summed E-state index contributed by atoms with van der Waals surface area (Å²) < 4.78 is 15.6. The average molecular weight is 292 g/mol. The smallest absolute Gasteiger partial charge is 0.383 e. The van der Waals surface area contributed by atoms with Crippen molar-refractivity contribution in [1.82, 2.24) is 0 Å². The summed E-state index contributed by atoms with van der Waals surface area (Å²) in [7, 11) is 0. The average Bonchev–Trinajstić information content (AvgIpc) is 2.48. The second kappa shape index (κ2) is 6.81. The Morgan fingerprint density at radius 2 is 2.19 bits per heavy atom. The highest BCUT2D eigenvalue weighted by molar-refractivity contribution is 5.91. The monoisotopic (exact) mass is 292 g/mol. The molecule has 1 aromatic heterocycles. The summed E-state index contributed by atoms with van der Waals surface area (Å²) >= 11 is 0. The molecule has 0 unspecified atom stereocenters. The standard InChI is InChI=1S/C15H16O6/c1-2-3-8-20-14-13(17)12-10(19-9-7-16)5-4-6-11(12)21-15(14)18/h3-6,8,16-17H,2,7,9H2,1H3. The maximum atomic E-state index is 11.8. The summed E-state index contributed by atoms with van der Waals surface area (Å²) in [6, 6.07) is 4.76. The molecule has 2 aromatic rings. The lowest BCUT2D eigenvalue weighted by molar-refractivity contribution is 0.202. The zero-order valence-corrected chi connectivity index (χ0v) is 11.5. The number of rotatable bonds is 6. The number of ether oxygens (including phenoxy) is 2. The normalized spacial score (nSPS) is 11.1. The van der Waals surface area contributed by atoms with Gasteiger partial charge in [-0.3, -0.25) is 0 Å². The Kier molecular flexibility index (Phi) is 4.84. The van der Waals surface area contributed by atoms with E-state index in [9.17, 15) is 9.90 Å². The molecule has 21 heavy (non-hydrogen) atoms. The van der Waals surface area contributed by atoms with Crippen LogP contribution in [-0.2, 0) is 0 Å². The Morgan fingerprint density at radius 1 is 1.38 bits per heavy atom. The minimum atomic E-state index is -0.778. The largest absolute Gasteiger partial charge is 0.503 e. The second-order valence-electron chi connectivity index (χ2n) is 4.17. The van der Waals surface area contributed by atoms with Crippen LogP contribution in [0.25, 0.3) is 11.0 Å². The molecule has 0 aliphatic heterocycles. The molecule has 0 fully saturated rings. The van der Waals surface area contributed by atoms with Crippen LogP contribution in [0.4, 0.5) is 0 Å². The minimum Gasteiger partial charge on any atom is -0.503 e. The molecule has 0 aliphatic carbocycles. The van der Waals surface area contributed by atoms with Crippen molar-refractivity contribution < 1.29 is 24.1 Å². The van der Waals surface area contributed by atoms with Gasteiger partial charge in [-0.2, -0.15) is 0 Å². The Hall–Kier alpha value is -2.47. The zero-order valence-electron chi connectivity index (χ0n) is 11.5. The van der Waals surface area contributed by atoms with Gasteiger partial charge in [0.2, 0.25) is 0 Å². The lowest BCUT2D eigenvalue weighted by Gasteiger charge is -2.10. The molecule has 2 rings (SSSR count). The second-order valence-corrected chi connectivity index (χ2v) is 4.17. The van der Waals surface area contributed by atoms with Crippen LogP contribution in [0.3, 0.4) is 0 Å². The molecule has 0 saturated heterocycles. The highest BCUT2D eigenvalue weighted by atomic mass is 16.5. The van der Waals surface area contributed by atoms with Gasteiger partial charge in [0, 0.05) is 0 Å². The van der Waals surface area contributed by atoms with Crippen LogP contribution in [0.2, 0.25) is 0 Å². The molecule has 0 bridgehead atoms. The summed E-state index contributed by atoms with van der Waals surface area (Å²) in [6.07, 6.45) is 3.73. The molecule has 0 spiro atoms. The number of aliphatic hydroxyl groups excluding tert-OH is 1. The maximum Gasteiger partial charge on any atom is 0.383 e. The molecule has 6 nitrogen and oxygen atoms in total. The SMILES string of the molecule is CCC=COc1c(O)c2c(OCCO)cccc2oc1=O. The predicted molar refractivity (Wildman–Crippen MR) is 76.8 cm³/mol. The fraction of sp³-hybridized carbons (Fsp3) is 0.267. The molecule has 6 heteroatoms. The number of hydrogen-bond acceptors (Lipinski definition) is 6. The number of aliphatic hydroxyl groups is 1. The first-order valence-electron chi connectivity index (χ1n) is 6.53. The van der Waals surface area contributed by atoms with E-state index in [1.807, 2.05) is 6.92 Å². The first-order chi connectivity index (χ1) is 10.2. The lowest BCUT2D eigenvalue weighted by atomic mass is 10.2. The molecule has 0 amide bonds. The van der Waals surface area contributed by atoms with E-state index < -0.39 is 5.63 Å².